The molecule has 6 aliphatic rings. The van der Waals surface area contributed by atoms with Gasteiger partial charge in [0.05, 0.1) is 100 Å². The molecule has 0 bridgehead atoms. The van der Waals surface area contributed by atoms with Crippen LogP contribution in [0.15, 0.2) is 70.1 Å². The Morgan fingerprint density at radius 1 is 0.472 bits per heavy atom. The van der Waals surface area contributed by atoms with Crippen LogP contribution in [-0.2, 0) is 14.2 Å². The van der Waals surface area contributed by atoms with E-state index in [4.69, 9.17) is 64.3 Å². The van der Waals surface area contributed by atoms with E-state index in [-0.39, 0.29) is 66.5 Å². The van der Waals surface area contributed by atoms with E-state index in [0.29, 0.717) is 28.5 Å². The number of fused-ring (bicyclic) bond motifs is 3. The van der Waals surface area contributed by atoms with Gasteiger partial charge in [0.25, 0.3) is 0 Å². The van der Waals surface area contributed by atoms with Crippen LogP contribution in [0.5, 0.6) is 0 Å². The van der Waals surface area contributed by atoms with Gasteiger partial charge in [-0.05, 0) is 111 Å². The molecule has 30 nitrogen and oxygen atoms in total. The molecule has 0 saturated heterocycles. The van der Waals surface area contributed by atoms with Gasteiger partial charge in [-0.2, -0.15) is 0 Å². The van der Waals surface area contributed by atoms with E-state index in [9.17, 15) is 59.1 Å². The number of aliphatic hydroxyl groups excluding tert-OH is 1. The fourth-order valence-corrected chi connectivity index (χ4v) is 12.0. The Bertz CT molecular complexity index is 6680. The van der Waals surface area contributed by atoms with Crippen LogP contribution in [0.1, 0.15) is 202 Å². The quantitative estimate of drug-likeness (QED) is 0.0168. The van der Waals surface area contributed by atoms with Crippen molar-refractivity contribution in [3.63, 3.8) is 0 Å². The van der Waals surface area contributed by atoms with Gasteiger partial charge in [0.2, 0.25) is 0 Å². The van der Waals surface area contributed by atoms with Gasteiger partial charge in [0, 0.05) is 102 Å². The van der Waals surface area contributed by atoms with E-state index in [1.807, 2.05) is 0 Å². The van der Waals surface area contributed by atoms with Crippen molar-refractivity contribution in [1.29, 1.82) is 0 Å². The second-order valence-corrected chi connectivity index (χ2v) is 25.7. The van der Waals surface area contributed by atoms with Crippen LogP contribution >= 0.6 is 35.3 Å². The molecule has 6 aromatic heterocycles. The molecule has 582 valence electrons. The van der Waals surface area contributed by atoms with Crippen LogP contribution in [0.4, 0.5) is 30.6 Å². The summed E-state index contributed by atoms with van der Waals surface area (Å²) in [6, 6.07) is -2.50. The zero-order valence-corrected chi connectivity index (χ0v) is 59.3. The number of thioether (sulfide) groups is 3. The fraction of sp³-hybridized carbons (Fsp3) is 0.583. The Morgan fingerprint density at radius 3 is 1.13 bits per heavy atom. The third-order valence-corrected chi connectivity index (χ3v) is 18.2. The minimum atomic E-state index is -4.35. The molecule has 0 radical (unpaired) electrons. The zero-order chi connectivity index (χ0) is 112. The third kappa shape index (κ3) is 17.5. The number of ether oxygens (including phenoxy) is 3. The standard InChI is InChI=1S/3C24H31FN6O4S/c3*1-3-8-36-24-27-22(26-16-10-14(16)13-5-4-12(2)15(25)9-13)19-23(28-24)31(30-29-19)17-11-18(35-7-6-32)21(34)20(17)33/h3*4-5,9,14,16-18,20-21,32-34H,3,6-8,10-11H2,1-2H3,(H,26,27,28)/t3*14-,16+,17+,18-,20-,21+/m000/s1/i6D2,7D2,8D2,10D2,11D2,17D,18D,20D,21D;3D2,6D2,8D2,10D2,11D2,17D,18D,20D,21D;3D2,8D2,10D2,11D2,17D,18D,20D,21D. The Balaban J connectivity index is 0.000000185. The largest absolute Gasteiger partial charge is 0.394 e. The molecule has 12 N–H and O–H groups in total. The summed E-state index contributed by atoms with van der Waals surface area (Å²) in [6.07, 6.45) is -59.6. The van der Waals surface area contributed by atoms with Crippen LogP contribution in [0.2, 0.25) is 0 Å². The monoisotopic (exact) mass is 1590 g/mol. The molecule has 6 aliphatic carbocycles. The Kier molecular flexibility index (Phi) is 14.0. The lowest BCUT2D eigenvalue weighted by Gasteiger charge is -2.17. The molecular formula is C72H93F3N18O12S3. The average Bonchev–Trinajstić information content (AvgIpc) is 1.48. The first-order chi connectivity index (χ1) is 66.6. The van der Waals surface area contributed by atoms with Gasteiger partial charge in [0.15, 0.2) is 66.4 Å². The Morgan fingerprint density at radius 2 is 0.815 bits per heavy atom. The minimum Gasteiger partial charge on any atom is -0.394 e. The van der Waals surface area contributed by atoms with Gasteiger partial charge in [-0.25, -0.2) is 57.1 Å². The highest BCUT2D eigenvalue weighted by molar-refractivity contribution is 7.99. The van der Waals surface area contributed by atoms with Gasteiger partial charge < -0.3 is 76.1 Å². The maximum absolute atomic E-state index is 14.4. The number of anilines is 3. The summed E-state index contributed by atoms with van der Waals surface area (Å²) in [5.41, 5.74) is -9.59. The van der Waals surface area contributed by atoms with Crippen molar-refractivity contribution in [2.45, 2.75) is 223 Å². The Hall–Kier alpha value is -7.14. The predicted molar refractivity (Wildman–Crippen MR) is 398 cm³/mol. The molecule has 3 aromatic carbocycles. The number of nitrogens with zero attached hydrogens (tertiary/aromatic N) is 15. The van der Waals surface area contributed by atoms with Crippen LogP contribution < -0.4 is 16.0 Å². The summed E-state index contributed by atoms with van der Waals surface area (Å²) in [4.78, 5) is 24.7. The molecule has 6 fully saturated rings. The molecule has 18 atom stereocenters. The van der Waals surface area contributed by atoms with E-state index in [0.717, 1.165) is 26.0 Å². The molecule has 0 amide bonds. The lowest BCUT2D eigenvalue weighted by Crippen LogP contribution is -2.33. The summed E-state index contributed by atoms with van der Waals surface area (Å²) in [5.74, 6) is -5.87. The van der Waals surface area contributed by atoms with Crippen LogP contribution in [0, 0.1) is 38.2 Å². The van der Waals surface area contributed by atoms with Crippen molar-refractivity contribution in [3.05, 3.63) is 105 Å². The molecule has 6 heterocycles. The topological polar surface area (TPSA) is 415 Å². The summed E-state index contributed by atoms with van der Waals surface area (Å²) >= 11 is 0.647. The fourth-order valence-electron chi connectivity index (χ4n) is 10.5. The third-order valence-electron chi connectivity index (χ3n) is 16.1. The summed E-state index contributed by atoms with van der Waals surface area (Å²) < 4.78 is 390. The van der Waals surface area contributed by atoms with E-state index >= 15 is 0 Å². The molecule has 15 rings (SSSR count). The SMILES string of the molecule is [2H]C([2H])(CC)Sc1nc(N[C@H]2[C@H](c3ccc(C)c(F)c3)C2([2H])[2H])c2nnn([C@]3([2H])C([2H])([2H])[C@]([2H])(OC([2H])([2H])C([2H])([2H])O)[C@@]([2H])(O)[C@@]3([2H])O)c2n1.[2H]C([2H])(O)CO[C@@]1([2H])C([2H])([2H])[C@@]([2H])(n2nnc3c(N[C@H]4[C@H](c5ccc(C)c(F)c5)C4([2H])[2H])nc(SC([2H])([2H])C([2H])([2H])C)nc32)[C@]([2H])(O)[C@]1([2H])O.[2H]C1([2H])[C@@H](Nc2nc(SC([2H])([2H])C([2H])([2H])C)nc3c2nnn3[C@]2([2H])C([2H])([2H])[C@]([2H])(OCCO)[C@@]([2H])(O)[C@@]2([2H])O)[C@@H]1c1ccc(C)c(F)c1. The molecular weight excluding hydrogens is 1460 g/mol. The van der Waals surface area contributed by atoms with Gasteiger partial charge >= 0.3 is 0 Å². The van der Waals surface area contributed by atoms with Gasteiger partial charge in [-0.15, -0.1) is 15.3 Å². The zero-order valence-electron chi connectivity index (χ0n) is 96.8. The lowest BCUT2D eigenvalue weighted by molar-refractivity contribution is -0.0629. The maximum Gasteiger partial charge on any atom is 0.191 e. The van der Waals surface area contributed by atoms with Crippen LogP contribution in [0.25, 0.3) is 33.5 Å². The van der Waals surface area contributed by atoms with Crippen LogP contribution in [-0.4, -0.2) is 250 Å². The van der Waals surface area contributed by atoms with E-state index < -0.39 is 294 Å². The number of hydrogen-bond donors (Lipinski definition) is 12. The minimum absolute atomic E-state index is 0.0600. The normalized spacial score (nSPS) is 45.1. The number of aliphatic hydroxyl groups is 9. The molecule has 36 heteroatoms. The highest BCUT2D eigenvalue weighted by Crippen LogP contribution is 2.48. The number of hydrogen-bond acceptors (Lipinski definition) is 30. The number of nitrogens with one attached hydrogen (secondary N) is 3. The molecule has 9 aromatic rings. The summed E-state index contributed by atoms with van der Waals surface area (Å²) in [5, 5.41) is 124. The second kappa shape index (κ2) is 35.1. The first-order valence-corrected chi connectivity index (χ1v) is 34.5. The highest BCUT2D eigenvalue weighted by Gasteiger charge is 2.49. The molecule has 0 aliphatic heterocycles. The lowest BCUT2D eigenvalue weighted by atomic mass is 10.1. The first kappa shape index (κ1) is 43.0. The van der Waals surface area contributed by atoms with Crippen LogP contribution in [0.3, 0.4) is 0 Å². The van der Waals surface area contributed by atoms with Gasteiger partial charge in [-0.3, -0.25) is 0 Å². The smallest absolute Gasteiger partial charge is 0.191 e. The van der Waals surface area contributed by atoms with Crippen molar-refractivity contribution < 1.29 is 128 Å². The Labute approximate surface area is 689 Å². The molecule has 0 spiro atoms. The molecule has 6 saturated carbocycles. The van der Waals surface area contributed by atoms with E-state index in [1.165, 1.54) is 70.2 Å². The summed E-state index contributed by atoms with van der Waals surface area (Å²) in [6.45, 7) is -6.70. The van der Waals surface area contributed by atoms with E-state index in [1.54, 1.807) is 0 Å². The van der Waals surface area contributed by atoms with E-state index in [2.05, 4.69) is 81.5 Å². The second-order valence-electron chi connectivity index (χ2n) is 23.3. The predicted octanol–water partition coefficient (Wildman–Crippen LogP) is 6.55. The molecule has 108 heavy (non-hydrogen) atoms. The van der Waals surface area contributed by atoms with Crippen molar-refractivity contribution in [3.8, 4) is 0 Å². The molecule has 0 unspecified atom stereocenters. The van der Waals surface area contributed by atoms with Crippen molar-refractivity contribution in [2.24, 2.45) is 0 Å². The van der Waals surface area contributed by atoms with Crippen molar-refractivity contribution in [1.82, 2.24) is 74.9 Å². The van der Waals surface area contributed by atoms with Crippen molar-refractivity contribution in [2.75, 3.05) is 72.6 Å². The number of aryl methyl sites for hydroxylation is 3. The number of rotatable bonds is 30. The summed E-state index contributed by atoms with van der Waals surface area (Å²) in [7, 11) is 0. The maximum atomic E-state index is 14.4. The van der Waals surface area contributed by atoms with Crippen molar-refractivity contribution >= 4 is 86.2 Å². The first-order valence-electron chi connectivity index (χ1n) is 52.0. The highest BCUT2D eigenvalue weighted by atomic mass is 32.2. The average molecular weight is 1600 g/mol. The number of benzene rings is 3. The number of halogens is 3. The van der Waals surface area contributed by atoms with Gasteiger partial charge in [0.1, 0.15) is 53.9 Å². The van der Waals surface area contributed by atoms with Gasteiger partial charge in [-0.1, -0.05) is 108 Å². The number of aromatic nitrogens is 15.